The van der Waals surface area contributed by atoms with E-state index in [4.69, 9.17) is 67.9 Å². The molecule has 0 spiro atoms. The van der Waals surface area contributed by atoms with E-state index in [1.54, 1.807) is 0 Å². The molecule has 4 fully saturated rings. The molecule has 4 unspecified atom stereocenters. The molecule has 1 aliphatic carbocycles. The lowest BCUT2D eigenvalue weighted by atomic mass is 9.83. The number of carbonyl (C=O) groups is 6. The predicted octanol–water partition coefficient (Wildman–Crippen LogP) is 3.62. The molecule has 19 atom stereocenters. The van der Waals surface area contributed by atoms with Gasteiger partial charge >= 0.3 is 35.8 Å². The lowest BCUT2D eigenvalue weighted by Gasteiger charge is -2.47. The van der Waals surface area contributed by atoms with Crippen molar-refractivity contribution in [1.82, 2.24) is 0 Å². The van der Waals surface area contributed by atoms with Crippen LogP contribution in [0.4, 0.5) is 4.39 Å². The zero-order valence-electron chi connectivity index (χ0n) is 38.6. The average Bonchev–Trinajstić information content (AvgIpc) is 3.61. The first-order chi connectivity index (χ1) is 34.3. The molecule has 1 saturated carbocycles. The van der Waals surface area contributed by atoms with Crippen molar-refractivity contribution < 1.29 is 90.0 Å². The van der Waals surface area contributed by atoms with Gasteiger partial charge in [-0.15, -0.1) is 0 Å². The first-order valence-electron chi connectivity index (χ1n) is 21.1. The smallest absolute Gasteiger partial charge is 0.303 e. The van der Waals surface area contributed by atoms with Gasteiger partial charge in [0.05, 0.1) is 31.3 Å². The molecule has 0 aromatic heterocycles. The largest absolute Gasteiger partial charge is 0.463 e. The summed E-state index contributed by atoms with van der Waals surface area (Å²) in [5.74, 6) is -5.97. The minimum absolute atomic E-state index is 0.513. The van der Waals surface area contributed by atoms with E-state index < -0.39 is 178 Å². The lowest BCUT2D eigenvalue weighted by Crippen LogP contribution is -2.64. The van der Waals surface area contributed by atoms with E-state index in [1.807, 2.05) is 0 Å². The Balaban J connectivity index is 1.92. The first-order valence-corrected chi connectivity index (χ1v) is 21.1. The van der Waals surface area contributed by atoms with E-state index in [-0.39, 0.29) is 0 Å². The number of halogens is 1. The summed E-state index contributed by atoms with van der Waals surface area (Å²) in [6, 6.07) is -6.95. The zero-order chi connectivity index (χ0) is 53.2. The highest BCUT2D eigenvalue weighted by molar-refractivity contribution is 5.68. The van der Waals surface area contributed by atoms with Gasteiger partial charge in [-0.1, -0.05) is 30.7 Å². The summed E-state index contributed by atoms with van der Waals surface area (Å²) in [6.07, 6.45) is -28.5. The van der Waals surface area contributed by atoms with Crippen molar-refractivity contribution in [2.24, 2.45) is 30.7 Å². The van der Waals surface area contributed by atoms with Crippen molar-refractivity contribution in [3.05, 3.63) is 62.7 Å². The van der Waals surface area contributed by atoms with Crippen LogP contribution in [0.15, 0.2) is 30.7 Å². The molecule has 4 aliphatic rings. The third-order valence-electron chi connectivity index (χ3n) is 10.6. The van der Waals surface area contributed by atoms with Crippen LogP contribution >= 0.6 is 0 Å². The van der Waals surface area contributed by atoms with E-state index in [0.29, 0.717) is 0 Å². The molecule has 390 valence electrons. The van der Waals surface area contributed by atoms with Gasteiger partial charge in [-0.25, -0.2) is 4.39 Å². The maximum absolute atomic E-state index is 16.4. The molecule has 0 aromatic rings. The summed E-state index contributed by atoms with van der Waals surface area (Å²) in [5, 5.41) is 21.4. The summed E-state index contributed by atoms with van der Waals surface area (Å²) in [7, 11) is 0. The molecule has 36 nitrogen and oxygen atoms in total. The third-order valence-corrected chi connectivity index (χ3v) is 10.6. The molecule has 3 heterocycles. The second-order valence-electron chi connectivity index (χ2n) is 15.5. The highest BCUT2D eigenvalue weighted by Crippen LogP contribution is 2.41. The van der Waals surface area contributed by atoms with E-state index in [2.05, 4.69) is 60.2 Å². The van der Waals surface area contributed by atoms with Gasteiger partial charge in [0.1, 0.15) is 55.3 Å². The van der Waals surface area contributed by atoms with Crippen molar-refractivity contribution in [2.75, 3.05) is 19.7 Å². The van der Waals surface area contributed by atoms with Gasteiger partial charge < -0.3 is 56.8 Å². The number of carbonyl (C=O) groups excluding carboxylic acids is 6. The predicted molar refractivity (Wildman–Crippen MR) is 224 cm³/mol. The van der Waals surface area contributed by atoms with Crippen LogP contribution in [0.3, 0.4) is 0 Å². The molecular formula is C35H45FN18O18. The number of rotatable bonds is 21. The molecule has 4 rings (SSSR count). The van der Waals surface area contributed by atoms with Crippen LogP contribution in [-0.4, -0.2) is 172 Å². The summed E-state index contributed by atoms with van der Waals surface area (Å²) < 4.78 is 85.9. The van der Waals surface area contributed by atoms with Crippen molar-refractivity contribution in [2.45, 2.75) is 164 Å². The molecule has 0 aromatic carbocycles. The third kappa shape index (κ3) is 14.9. The first kappa shape index (κ1) is 57.0. The van der Waals surface area contributed by atoms with Crippen molar-refractivity contribution in [1.29, 1.82) is 0 Å². The molecule has 0 bridgehead atoms. The molecule has 72 heavy (non-hydrogen) atoms. The minimum atomic E-state index is -2.46. The van der Waals surface area contributed by atoms with E-state index in [0.717, 1.165) is 41.5 Å². The van der Waals surface area contributed by atoms with Crippen LogP contribution < -0.4 is 0 Å². The standard InChI is InChI=1S/C35H45FN18O18/c1-11(55)61-10-21-29(71-34-24(48-54-42)30(65-15(5)59)28(64-14(4)58)20(68-34)9-44-50-38)32(66-16(6)60)35(69-21)72-31-25(62-12(2)56)17(45-51-39)7-18(46-52-40)26(31)70-33-23(47-53-41)22(36)27(63-13(3)57)19(67-33)8-43-49-37/h17-35H,7-10H2,1-6H3/t17?,18?,19-,20+,21-,22+,23?,24?,25+,26-,27-,28-,29-,30-,31-,32-,33-,34-,35+/m1/s1. The van der Waals surface area contributed by atoms with E-state index >= 15 is 4.39 Å². The number of azide groups is 6. The Kier molecular flexibility index (Phi) is 21.4. The Bertz CT molecular complexity index is 2320. The van der Waals surface area contributed by atoms with E-state index in [9.17, 15) is 50.9 Å². The molecule has 3 aliphatic heterocycles. The average molecular weight is 1020 g/mol. The van der Waals surface area contributed by atoms with Gasteiger partial charge in [0, 0.05) is 71.0 Å². The topological polar surface area (TPSA) is 506 Å². The van der Waals surface area contributed by atoms with Gasteiger partial charge in [-0.05, 0) is 39.6 Å². The Hall–Kier alpha value is -7.63. The number of hydrogen-bond acceptors (Lipinski definition) is 24. The normalized spacial score (nSPS) is 34.6. The second kappa shape index (κ2) is 27.1. The maximum Gasteiger partial charge on any atom is 0.303 e. The monoisotopic (exact) mass is 1020 g/mol. The van der Waals surface area contributed by atoms with Crippen LogP contribution in [0.2, 0.25) is 0 Å². The minimum Gasteiger partial charge on any atom is -0.463 e. The zero-order valence-corrected chi connectivity index (χ0v) is 38.6. The lowest BCUT2D eigenvalue weighted by molar-refractivity contribution is -0.304. The fourth-order valence-electron chi connectivity index (χ4n) is 8.12. The number of ether oxygens (including phenoxy) is 12. The van der Waals surface area contributed by atoms with Crippen LogP contribution in [0.5, 0.6) is 0 Å². The Morgan fingerprint density at radius 3 is 1.39 bits per heavy atom. The van der Waals surface area contributed by atoms with Crippen LogP contribution in [-0.2, 0) is 85.6 Å². The van der Waals surface area contributed by atoms with Crippen molar-refractivity contribution in [3.63, 3.8) is 0 Å². The van der Waals surface area contributed by atoms with E-state index in [1.165, 1.54) is 0 Å². The number of hydrogen-bond donors (Lipinski definition) is 0. The van der Waals surface area contributed by atoms with Crippen LogP contribution in [0.25, 0.3) is 62.7 Å². The molecular weight excluding hydrogens is 979 g/mol. The second-order valence-corrected chi connectivity index (χ2v) is 15.5. The highest BCUT2D eigenvalue weighted by atomic mass is 19.1. The molecule has 3 saturated heterocycles. The van der Waals surface area contributed by atoms with Gasteiger partial charge in [0.2, 0.25) is 0 Å². The summed E-state index contributed by atoms with van der Waals surface area (Å²) >= 11 is 0. The number of nitrogens with zero attached hydrogens (tertiary/aromatic N) is 18. The quantitative estimate of drug-likeness (QED) is 0.0521. The fourth-order valence-corrected chi connectivity index (χ4v) is 8.12. The van der Waals surface area contributed by atoms with Gasteiger partial charge in [-0.3, -0.25) is 28.8 Å². The highest BCUT2D eigenvalue weighted by Gasteiger charge is 2.59. The number of alkyl halides is 1. The Labute approximate surface area is 402 Å². The number of esters is 6. The van der Waals surface area contributed by atoms with Gasteiger partial charge in [-0.2, -0.15) is 0 Å². The SMILES string of the molecule is CC(=O)OC[C@H]1O[C@@H](O[C@H]2[C@H](O[C@H]3O[C@H](CN=[N+]=[N-])[C@@H](OC(C)=O)[C@@H](F)C3N=[N+]=[N-])C(N=[N+]=[N-])CC(N=[N+]=[N-])[C@@H]2OC(C)=O)[C@H](OC(C)=O)[C@@H]1O[C@H]1O[C@@H](CN=[N+]=[N-])[C@@H](OC(C)=O)[C@H](OC(C)=O)C1N=[N+]=[N-]. The van der Waals surface area contributed by atoms with Crippen LogP contribution in [0.1, 0.15) is 48.0 Å². The fraction of sp³-hybridized carbons (Fsp3) is 0.829. The summed E-state index contributed by atoms with van der Waals surface area (Å²) in [4.78, 5) is 91.0. The maximum atomic E-state index is 16.4. The van der Waals surface area contributed by atoms with Gasteiger partial charge in [0.15, 0.2) is 49.5 Å². The van der Waals surface area contributed by atoms with Crippen molar-refractivity contribution in [3.8, 4) is 0 Å². The molecule has 0 N–H and O–H groups in total. The summed E-state index contributed by atoms with van der Waals surface area (Å²) in [6.45, 7) is 3.65. The molecule has 37 heteroatoms. The van der Waals surface area contributed by atoms with Crippen molar-refractivity contribution >= 4 is 35.8 Å². The Morgan fingerprint density at radius 2 is 0.875 bits per heavy atom. The Morgan fingerprint density at radius 1 is 0.458 bits per heavy atom. The van der Waals surface area contributed by atoms with Gasteiger partial charge in [0.25, 0.3) is 0 Å². The molecule has 0 amide bonds. The summed E-state index contributed by atoms with van der Waals surface area (Å²) in [5.41, 5.74) is 56.8. The van der Waals surface area contributed by atoms with Crippen LogP contribution in [0, 0.1) is 0 Å². The molecule has 0 radical (unpaired) electrons.